The van der Waals surface area contributed by atoms with Crippen molar-refractivity contribution in [3.05, 3.63) is 0 Å². The number of esters is 3. The largest absolute Gasteiger partial charge is 0.479 e. The van der Waals surface area contributed by atoms with E-state index in [0.29, 0.717) is 19.3 Å². The number of aliphatic hydroxyl groups is 2. The third kappa shape index (κ3) is 42.4. The Labute approximate surface area is 459 Å². The van der Waals surface area contributed by atoms with Gasteiger partial charge in [-0.2, -0.15) is 0 Å². The van der Waals surface area contributed by atoms with E-state index < -0.39 is 67.3 Å². The van der Waals surface area contributed by atoms with E-state index in [1.807, 2.05) is 0 Å². The molecule has 0 aliphatic carbocycles. The minimum Gasteiger partial charge on any atom is -0.479 e. The second kappa shape index (κ2) is 52.4. The Morgan fingerprint density at radius 3 is 1.00 bits per heavy atom. The zero-order chi connectivity index (χ0) is 54.7. The molecule has 1 rings (SSSR count). The smallest absolute Gasteiger partial charge is 0.335 e. The molecular formula is C63H118O12. The van der Waals surface area contributed by atoms with Crippen molar-refractivity contribution in [3.8, 4) is 0 Å². The van der Waals surface area contributed by atoms with E-state index in [1.165, 1.54) is 212 Å². The maximum absolute atomic E-state index is 13.1. The zero-order valence-electron chi connectivity index (χ0n) is 48.8. The lowest BCUT2D eigenvalue weighted by atomic mass is 9.98. The van der Waals surface area contributed by atoms with E-state index in [0.717, 1.165) is 57.8 Å². The van der Waals surface area contributed by atoms with Gasteiger partial charge in [-0.1, -0.05) is 290 Å². The van der Waals surface area contributed by atoms with Crippen molar-refractivity contribution in [1.82, 2.24) is 0 Å². The van der Waals surface area contributed by atoms with Crippen molar-refractivity contribution < 1.29 is 58.2 Å². The molecule has 0 aromatic rings. The molecule has 75 heavy (non-hydrogen) atoms. The molecule has 0 amide bonds. The van der Waals surface area contributed by atoms with Crippen LogP contribution in [-0.4, -0.2) is 89.2 Å². The van der Waals surface area contributed by atoms with Crippen LogP contribution in [0.3, 0.4) is 0 Å². The first-order valence-corrected chi connectivity index (χ1v) is 32.0. The predicted molar refractivity (Wildman–Crippen MR) is 304 cm³/mol. The van der Waals surface area contributed by atoms with Crippen LogP contribution in [0.15, 0.2) is 0 Å². The normalized spacial score (nSPS) is 18.0. The van der Waals surface area contributed by atoms with Crippen molar-refractivity contribution in [1.29, 1.82) is 0 Å². The first-order valence-electron chi connectivity index (χ1n) is 32.0. The van der Waals surface area contributed by atoms with Crippen LogP contribution >= 0.6 is 0 Å². The van der Waals surface area contributed by atoms with E-state index in [1.54, 1.807) is 0 Å². The number of carbonyl (C=O) groups excluding carboxylic acids is 3. The van der Waals surface area contributed by atoms with Crippen LogP contribution < -0.4 is 0 Å². The third-order valence-electron chi connectivity index (χ3n) is 15.2. The zero-order valence-corrected chi connectivity index (χ0v) is 48.8. The quantitative estimate of drug-likeness (QED) is 0.0299. The molecule has 0 saturated carbocycles. The molecule has 0 aromatic heterocycles. The first kappa shape index (κ1) is 70.7. The number of hydrogen-bond acceptors (Lipinski definition) is 11. The van der Waals surface area contributed by atoms with E-state index in [9.17, 15) is 34.5 Å². The molecule has 3 N–H and O–H groups in total. The average Bonchev–Trinajstić information content (AvgIpc) is 3.39. The van der Waals surface area contributed by atoms with E-state index in [4.69, 9.17) is 23.7 Å². The van der Waals surface area contributed by atoms with Crippen LogP contribution in [0.4, 0.5) is 0 Å². The summed E-state index contributed by atoms with van der Waals surface area (Å²) in [6.45, 7) is 6.05. The molecule has 1 aliphatic heterocycles. The lowest BCUT2D eigenvalue weighted by Crippen LogP contribution is -2.61. The van der Waals surface area contributed by atoms with Gasteiger partial charge in [-0.05, 0) is 19.3 Å². The number of carbonyl (C=O) groups is 4. The van der Waals surface area contributed by atoms with Crippen molar-refractivity contribution in [2.45, 2.75) is 366 Å². The number of rotatable bonds is 56. The summed E-state index contributed by atoms with van der Waals surface area (Å²) >= 11 is 0. The number of hydrogen-bond donors (Lipinski definition) is 3. The van der Waals surface area contributed by atoms with E-state index >= 15 is 0 Å². The summed E-state index contributed by atoms with van der Waals surface area (Å²) in [7, 11) is 0. The maximum Gasteiger partial charge on any atom is 0.335 e. The van der Waals surface area contributed by atoms with Gasteiger partial charge in [0.2, 0.25) is 0 Å². The Morgan fingerprint density at radius 1 is 0.387 bits per heavy atom. The molecule has 1 aliphatic rings. The predicted octanol–water partition coefficient (Wildman–Crippen LogP) is 16.7. The van der Waals surface area contributed by atoms with Crippen molar-refractivity contribution in [2.24, 2.45) is 0 Å². The van der Waals surface area contributed by atoms with Gasteiger partial charge in [0, 0.05) is 19.3 Å². The molecular weight excluding hydrogens is 949 g/mol. The van der Waals surface area contributed by atoms with Crippen LogP contribution in [0.5, 0.6) is 0 Å². The fraction of sp³-hybridized carbons (Fsp3) is 0.937. The Balaban J connectivity index is 2.60. The molecule has 1 heterocycles. The molecule has 0 bridgehead atoms. The Morgan fingerprint density at radius 2 is 0.680 bits per heavy atom. The highest BCUT2D eigenvalue weighted by Crippen LogP contribution is 2.27. The molecule has 442 valence electrons. The summed E-state index contributed by atoms with van der Waals surface area (Å²) in [5, 5.41) is 31.5. The van der Waals surface area contributed by atoms with Crippen LogP contribution in [-0.2, 0) is 42.9 Å². The van der Waals surface area contributed by atoms with Gasteiger partial charge in [0.1, 0.15) is 18.8 Å². The van der Waals surface area contributed by atoms with Crippen molar-refractivity contribution in [3.63, 3.8) is 0 Å². The summed E-state index contributed by atoms with van der Waals surface area (Å²) < 4.78 is 28.5. The topological polar surface area (TPSA) is 175 Å². The average molecular weight is 1070 g/mol. The highest BCUT2D eigenvalue weighted by Gasteiger charge is 2.50. The molecule has 6 atom stereocenters. The monoisotopic (exact) mass is 1070 g/mol. The summed E-state index contributed by atoms with van der Waals surface area (Å²) in [4.78, 5) is 51.2. The molecule has 12 nitrogen and oxygen atoms in total. The lowest BCUT2D eigenvalue weighted by Gasteiger charge is -2.40. The number of unbranched alkanes of at least 4 members (excludes halogenated alkanes) is 42. The summed E-state index contributed by atoms with van der Waals surface area (Å²) in [6, 6.07) is 0. The van der Waals surface area contributed by atoms with Gasteiger partial charge in [-0.3, -0.25) is 14.4 Å². The molecule has 0 radical (unpaired) electrons. The van der Waals surface area contributed by atoms with E-state index in [-0.39, 0.29) is 25.9 Å². The minimum absolute atomic E-state index is 0.0713. The van der Waals surface area contributed by atoms with Crippen LogP contribution in [0, 0.1) is 0 Å². The number of aliphatic carboxylic acids is 1. The van der Waals surface area contributed by atoms with Gasteiger partial charge in [0.05, 0.1) is 6.61 Å². The molecule has 1 fully saturated rings. The van der Waals surface area contributed by atoms with Gasteiger partial charge in [0.15, 0.2) is 24.6 Å². The Kier molecular flexibility index (Phi) is 49.4. The number of carboxylic acid groups (broad SMARTS) is 1. The molecule has 12 heteroatoms. The van der Waals surface area contributed by atoms with Gasteiger partial charge < -0.3 is 39.0 Å². The second-order valence-corrected chi connectivity index (χ2v) is 22.4. The van der Waals surface area contributed by atoms with Crippen molar-refractivity contribution >= 4 is 23.9 Å². The fourth-order valence-electron chi connectivity index (χ4n) is 10.3. The minimum atomic E-state index is -1.89. The number of aliphatic hydroxyl groups excluding tert-OH is 2. The molecule has 0 spiro atoms. The summed E-state index contributed by atoms with van der Waals surface area (Å²) in [6.07, 6.45) is 45.0. The van der Waals surface area contributed by atoms with Gasteiger partial charge in [-0.15, -0.1) is 0 Å². The molecule has 6 unspecified atom stereocenters. The molecule has 0 aromatic carbocycles. The standard InChI is InChI=1S/C63H118O12/c1-4-7-10-13-16-19-22-24-26-27-28-29-31-33-36-39-42-45-48-51-57(66)74-61-59(68)58(67)60(62(69)70)75-63(61)72-53-54(73-56(65)50-47-44-41-38-34-21-18-15-12-9-6-3)52-71-55(64)49-46-43-40-37-35-32-30-25-23-20-17-14-11-8-5-2/h54,58-61,63,67-68H,4-53H2,1-3H3,(H,69,70). The third-order valence-corrected chi connectivity index (χ3v) is 15.2. The van der Waals surface area contributed by atoms with Gasteiger partial charge >= 0.3 is 23.9 Å². The second-order valence-electron chi connectivity index (χ2n) is 22.4. The number of ether oxygens (including phenoxy) is 5. The Hall–Kier alpha value is -2.28. The van der Waals surface area contributed by atoms with Crippen molar-refractivity contribution in [2.75, 3.05) is 13.2 Å². The van der Waals surface area contributed by atoms with Crippen LogP contribution in [0.2, 0.25) is 0 Å². The van der Waals surface area contributed by atoms with Crippen LogP contribution in [0.1, 0.15) is 329 Å². The fourth-order valence-corrected chi connectivity index (χ4v) is 10.3. The first-order chi connectivity index (χ1) is 36.6. The SMILES string of the molecule is CCCCCCCCCCCCCCCCCCCCCC(=O)OC1C(OCC(COC(=O)CCCCCCCCCCCCCCCCC)OC(=O)CCCCCCCCCCCCC)OC(C(=O)O)C(O)C1O. The molecule has 1 saturated heterocycles. The highest BCUT2D eigenvalue weighted by molar-refractivity contribution is 5.74. The maximum atomic E-state index is 13.1. The highest BCUT2D eigenvalue weighted by atomic mass is 16.7. The van der Waals surface area contributed by atoms with Gasteiger partial charge in [0.25, 0.3) is 0 Å². The van der Waals surface area contributed by atoms with Gasteiger partial charge in [-0.25, -0.2) is 4.79 Å². The van der Waals surface area contributed by atoms with Crippen LogP contribution in [0.25, 0.3) is 0 Å². The lowest BCUT2D eigenvalue weighted by molar-refractivity contribution is -0.301. The van der Waals surface area contributed by atoms with E-state index in [2.05, 4.69) is 20.8 Å². The Bertz CT molecular complexity index is 1310. The summed E-state index contributed by atoms with van der Waals surface area (Å²) in [5.74, 6) is -3.07. The summed E-state index contributed by atoms with van der Waals surface area (Å²) in [5.41, 5.74) is 0. The number of carboxylic acids is 1.